The lowest BCUT2D eigenvalue weighted by Gasteiger charge is -2.08. The summed E-state index contributed by atoms with van der Waals surface area (Å²) in [6.45, 7) is 12.0. The van der Waals surface area contributed by atoms with Gasteiger partial charge in [0.1, 0.15) is 127 Å². The third-order valence-electron chi connectivity index (χ3n) is 12.6. The maximum atomic E-state index is 13.5. The van der Waals surface area contributed by atoms with Crippen LogP contribution in [0.2, 0.25) is 77.4 Å². The molecule has 10 rings (SSSR count). The van der Waals surface area contributed by atoms with Crippen LogP contribution in [0.4, 0.5) is 48.2 Å². The standard InChI is InChI=1S/3C14H12Cl2FN3O2.3C8H9Cl2N3O2.C4HCl3N2/c2*1-2-22-13(21)7-18-12-6-11(16)19-14(20-12)8-3-4-9(15)10(17)5-8;1-2-22-13(21)7-18-12-6-11(19-14(16)20-12)8-3-4-9(15)10(17)5-8;2*1-2-15-7(14)4-11-6-3-5(9)12-8(10)13-6;1-2-15-7(14)4-11-8-12-5(9)3-6(10)13-8;5-2-1-3(6)9-4(7)8-2/h3*3-6H,2,7H2,1H3,(H,18,19,20);3*3H,2,4H2,1H3,(H,11,12,13);1H. The highest BCUT2D eigenvalue weighted by Crippen LogP contribution is 2.29. The second-order valence-electron chi connectivity index (χ2n) is 21.4. The predicted molar refractivity (Wildman–Crippen MR) is 456 cm³/mol. The van der Waals surface area contributed by atoms with E-state index in [1.54, 1.807) is 65.8 Å². The molecule has 7 heterocycles. The first-order valence-electron chi connectivity index (χ1n) is 33.8. The summed E-state index contributed by atoms with van der Waals surface area (Å²) in [4.78, 5) is 121. The Labute approximate surface area is 757 Å². The number of ether oxygens (including phenoxy) is 6. The molecule has 0 atom stereocenters. The minimum Gasteiger partial charge on any atom is -0.465 e. The number of hydrogen-bond acceptors (Lipinski definition) is 32. The van der Waals surface area contributed by atoms with Crippen molar-refractivity contribution in [3.63, 3.8) is 0 Å². The molecule has 0 bridgehead atoms. The van der Waals surface area contributed by atoms with Gasteiger partial charge in [-0.15, -0.1) is 0 Å². The lowest BCUT2D eigenvalue weighted by atomic mass is 10.1. The topological polar surface area (TPSA) is 410 Å². The lowest BCUT2D eigenvalue weighted by molar-refractivity contribution is -0.141. The SMILES string of the molecule is CCOC(=O)CNc1cc(-c2ccc(Cl)c(F)c2)nc(Cl)n1.CCOC(=O)CNc1cc(Cl)nc(-c2ccc(Cl)c(F)c2)n1.CCOC(=O)CNc1cc(Cl)nc(-c2ccc(Cl)c(F)c2)n1.CCOC(=O)CNc1cc(Cl)nc(Cl)n1.CCOC(=O)CNc1cc(Cl)nc(Cl)n1.CCOC(=O)CNc1nc(Cl)cc(Cl)n1.Clc1cc(Cl)nc(Cl)n1. The highest BCUT2D eigenvalue weighted by Gasteiger charge is 2.16. The first-order chi connectivity index (χ1) is 57.0. The fraction of sp³-hybridized carbons (Fsp3) is 0.257. The Hall–Kier alpha value is -9.02. The summed E-state index contributed by atoms with van der Waals surface area (Å²) < 4.78 is 69.0. The van der Waals surface area contributed by atoms with Gasteiger partial charge in [0.2, 0.25) is 27.1 Å². The lowest BCUT2D eigenvalue weighted by Crippen LogP contribution is -2.18. The second-order valence-corrected chi connectivity index (χ2v) is 27.0. The molecule has 32 nitrogen and oxygen atoms in total. The molecule has 0 spiro atoms. The van der Waals surface area contributed by atoms with Crippen LogP contribution in [0.5, 0.6) is 0 Å². The molecule has 50 heteroatoms. The zero-order valence-corrected chi connectivity index (χ0v) is 74.0. The third kappa shape index (κ3) is 42.0. The van der Waals surface area contributed by atoms with Crippen molar-refractivity contribution < 1.29 is 70.4 Å². The van der Waals surface area contributed by atoms with Crippen LogP contribution in [0.1, 0.15) is 41.5 Å². The van der Waals surface area contributed by atoms with Gasteiger partial charge in [-0.3, -0.25) is 28.8 Å². The average Bonchev–Trinajstić information content (AvgIpc) is 0.830. The smallest absolute Gasteiger partial charge is 0.325 e. The van der Waals surface area contributed by atoms with Gasteiger partial charge in [0, 0.05) is 59.2 Å². The number of carbonyl (C=O) groups excluding carboxylic acids is 6. The van der Waals surface area contributed by atoms with Gasteiger partial charge in [-0.05, 0) is 136 Å². The molecule has 7 aromatic heterocycles. The first-order valence-corrected chi connectivity index (χ1v) is 39.5. The van der Waals surface area contributed by atoms with Gasteiger partial charge in [0.15, 0.2) is 11.6 Å². The molecule has 0 unspecified atom stereocenters. The number of aromatic nitrogens is 14. The van der Waals surface area contributed by atoms with Crippen LogP contribution in [-0.2, 0) is 57.2 Å². The molecule has 0 amide bonds. The summed E-state index contributed by atoms with van der Waals surface area (Å²) in [6, 6.07) is 22.9. The fourth-order valence-electron chi connectivity index (χ4n) is 7.89. The van der Waals surface area contributed by atoms with Crippen molar-refractivity contribution in [3.05, 3.63) is 192 Å². The van der Waals surface area contributed by atoms with Crippen molar-refractivity contribution in [2.75, 3.05) is 111 Å². The zero-order chi connectivity index (χ0) is 89.0. The summed E-state index contributed by atoms with van der Waals surface area (Å²) in [5.41, 5.74) is 1.74. The molecule has 642 valence electrons. The number of hydrogen-bond donors (Lipinski definition) is 6. The normalized spacial score (nSPS) is 10.1. The van der Waals surface area contributed by atoms with Gasteiger partial charge in [-0.1, -0.05) is 134 Å². The van der Waals surface area contributed by atoms with E-state index in [-0.39, 0.29) is 146 Å². The fourth-order valence-corrected chi connectivity index (χ4v) is 10.7. The van der Waals surface area contributed by atoms with E-state index < -0.39 is 41.3 Å². The molecule has 0 aliphatic carbocycles. The molecule has 0 aliphatic heterocycles. The van der Waals surface area contributed by atoms with Crippen LogP contribution < -0.4 is 31.9 Å². The van der Waals surface area contributed by atoms with Crippen LogP contribution in [0.15, 0.2) is 97.1 Å². The number of rotatable bonds is 27. The van der Waals surface area contributed by atoms with E-state index in [1.165, 1.54) is 72.8 Å². The number of halogens is 18. The van der Waals surface area contributed by atoms with Gasteiger partial charge in [-0.25, -0.2) is 82.9 Å². The number of anilines is 6. The van der Waals surface area contributed by atoms with Crippen LogP contribution in [0, 0.1) is 17.5 Å². The Morgan fingerprint density at radius 1 is 0.267 bits per heavy atom. The molecule has 0 fully saturated rings. The molecular formula is C70H64Cl15F3N20O12. The largest absolute Gasteiger partial charge is 0.465 e. The number of benzene rings is 3. The van der Waals surface area contributed by atoms with Crippen molar-refractivity contribution in [1.29, 1.82) is 0 Å². The zero-order valence-electron chi connectivity index (χ0n) is 62.7. The predicted octanol–water partition coefficient (Wildman–Crippen LogP) is 18.4. The maximum Gasteiger partial charge on any atom is 0.325 e. The minimum absolute atomic E-state index is 0.00596. The van der Waals surface area contributed by atoms with E-state index in [4.69, 9.17) is 202 Å². The van der Waals surface area contributed by atoms with Crippen molar-refractivity contribution in [1.82, 2.24) is 69.8 Å². The Morgan fingerprint density at radius 3 is 0.783 bits per heavy atom. The van der Waals surface area contributed by atoms with Gasteiger partial charge in [-0.2, -0.15) is 0 Å². The second kappa shape index (κ2) is 55.8. The van der Waals surface area contributed by atoms with E-state index >= 15 is 0 Å². The van der Waals surface area contributed by atoms with Crippen molar-refractivity contribution in [2.45, 2.75) is 41.5 Å². The summed E-state index contributed by atoms with van der Waals surface area (Å²) in [5.74, 6) is -1.73. The van der Waals surface area contributed by atoms with Crippen molar-refractivity contribution in [3.8, 4) is 34.0 Å². The monoisotopic (exact) mass is 1960 g/mol. The molecule has 3 aromatic carbocycles. The maximum absolute atomic E-state index is 13.5. The van der Waals surface area contributed by atoms with E-state index in [1.807, 2.05) is 0 Å². The summed E-state index contributed by atoms with van der Waals surface area (Å²) in [6.07, 6.45) is 0. The van der Waals surface area contributed by atoms with E-state index in [0.717, 1.165) is 0 Å². The van der Waals surface area contributed by atoms with Crippen molar-refractivity contribution in [2.24, 2.45) is 0 Å². The summed E-state index contributed by atoms with van der Waals surface area (Å²) in [7, 11) is 0. The molecule has 0 saturated carbocycles. The van der Waals surface area contributed by atoms with Crippen LogP contribution in [0.25, 0.3) is 34.0 Å². The van der Waals surface area contributed by atoms with Crippen LogP contribution >= 0.6 is 174 Å². The molecular weight excluding hydrogens is 1900 g/mol. The average molecular weight is 1970 g/mol. The Kier molecular flexibility index (Phi) is 48.1. The number of esters is 6. The van der Waals surface area contributed by atoms with E-state index in [9.17, 15) is 41.9 Å². The summed E-state index contributed by atoms with van der Waals surface area (Å²) in [5, 5.41) is 18.2. The Balaban J connectivity index is 0.000000299. The number of nitrogens with one attached hydrogen (secondary N) is 6. The Morgan fingerprint density at radius 2 is 0.500 bits per heavy atom. The van der Waals surface area contributed by atoms with E-state index in [0.29, 0.717) is 91.1 Å². The minimum atomic E-state index is -0.580. The Bertz CT molecular complexity index is 4530. The quantitative estimate of drug-likeness (QED) is 0.0120. The van der Waals surface area contributed by atoms with Gasteiger partial charge in [0.25, 0.3) is 0 Å². The first kappa shape index (κ1) is 103. The molecule has 120 heavy (non-hydrogen) atoms. The van der Waals surface area contributed by atoms with Crippen LogP contribution in [-0.4, -0.2) is 185 Å². The summed E-state index contributed by atoms with van der Waals surface area (Å²) >= 11 is 84.5. The molecule has 0 aliphatic rings. The molecule has 6 N–H and O–H groups in total. The molecule has 0 radical (unpaired) electrons. The van der Waals surface area contributed by atoms with E-state index in [2.05, 4.69) is 102 Å². The van der Waals surface area contributed by atoms with Crippen molar-refractivity contribution >= 4 is 245 Å². The molecule has 10 aromatic rings. The number of nitrogens with zero attached hydrogens (tertiary/aromatic N) is 14. The highest BCUT2D eigenvalue weighted by atomic mass is 35.5. The van der Waals surface area contributed by atoms with Gasteiger partial charge >= 0.3 is 35.8 Å². The van der Waals surface area contributed by atoms with Gasteiger partial charge in [0.05, 0.1) is 60.4 Å². The third-order valence-corrected chi connectivity index (χ3v) is 15.7. The number of carbonyl (C=O) groups is 6. The van der Waals surface area contributed by atoms with Gasteiger partial charge < -0.3 is 60.3 Å². The van der Waals surface area contributed by atoms with Crippen LogP contribution in [0.3, 0.4) is 0 Å². The highest BCUT2D eigenvalue weighted by molar-refractivity contribution is 6.36. The molecule has 0 saturated heterocycles.